The molecule has 1 fully saturated rings. The van der Waals surface area contributed by atoms with Crippen molar-refractivity contribution >= 4 is 29.4 Å². The number of halogens is 1. The van der Waals surface area contributed by atoms with Crippen molar-refractivity contribution in [3.63, 3.8) is 0 Å². The summed E-state index contributed by atoms with van der Waals surface area (Å²) in [4.78, 5) is 26.5. The van der Waals surface area contributed by atoms with Crippen molar-refractivity contribution < 1.29 is 9.53 Å². The molecule has 2 aromatic heterocycles. The molecule has 0 bridgehead atoms. The number of rotatable bonds is 4. The third-order valence-electron chi connectivity index (χ3n) is 5.23. The average molecular weight is 461 g/mol. The summed E-state index contributed by atoms with van der Waals surface area (Å²) in [6, 6.07) is 13.0. The number of ether oxygens (including phenoxy) is 1. The highest BCUT2D eigenvalue weighted by Crippen LogP contribution is 2.27. The van der Waals surface area contributed by atoms with Crippen molar-refractivity contribution in [2.45, 2.75) is 13.3 Å². The number of pyridine rings is 1. The van der Waals surface area contributed by atoms with Crippen LogP contribution in [0.2, 0.25) is 5.02 Å². The molecule has 1 unspecified atom stereocenters. The van der Waals surface area contributed by atoms with Crippen LogP contribution in [0.4, 0.5) is 10.5 Å². The second-order valence-electron chi connectivity index (χ2n) is 7.65. The van der Waals surface area contributed by atoms with Crippen LogP contribution >= 0.6 is 11.6 Å². The number of anilines is 1. The number of piperidine rings is 1. The summed E-state index contributed by atoms with van der Waals surface area (Å²) in [7, 11) is 0. The predicted molar refractivity (Wildman–Crippen MR) is 125 cm³/mol. The molecule has 8 nitrogen and oxygen atoms in total. The standard InChI is InChI=1S/C24H21ClN6O2/c1-16-15-31(24(32)30-21-6-5-20(11-26)27-14-21)8-7-18(16)9-17-3-2-4-22(10-17)33-23-28-12-19(25)13-29-23/h2-6,9-10,12-14,16H,7-8,15H2,1H3,(H,30,32)/b18-9+. The first kappa shape index (κ1) is 22.2. The van der Waals surface area contributed by atoms with E-state index in [0.29, 0.717) is 35.2 Å². The lowest BCUT2D eigenvalue weighted by atomic mass is 9.91. The summed E-state index contributed by atoms with van der Waals surface area (Å²) in [6.45, 7) is 3.33. The molecule has 2 amide bonds. The third-order valence-corrected chi connectivity index (χ3v) is 5.43. The molecule has 0 saturated carbocycles. The minimum atomic E-state index is -0.175. The van der Waals surface area contributed by atoms with E-state index in [2.05, 4.69) is 33.3 Å². The SMILES string of the molecule is CC1CN(C(=O)Nc2ccc(C#N)nc2)CC/C1=C\c1cccc(Oc2ncc(Cl)cn2)c1. The second kappa shape index (κ2) is 10.1. The lowest BCUT2D eigenvalue weighted by Crippen LogP contribution is -2.42. The van der Waals surface area contributed by atoms with E-state index in [1.54, 1.807) is 17.0 Å². The number of hydrogen-bond donors (Lipinski definition) is 1. The summed E-state index contributed by atoms with van der Waals surface area (Å²) in [6.07, 6.45) is 7.36. The number of hydrogen-bond acceptors (Lipinski definition) is 6. The maximum atomic E-state index is 12.6. The van der Waals surface area contributed by atoms with Crippen molar-refractivity contribution in [2.24, 2.45) is 5.92 Å². The number of benzene rings is 1. The number of nitrogens with one attached hydrogen (secondary N) is 1. The Morgan fingerprint density at radius 1 is 1.24 bits per heavy atom. The number of likely N-dealkylation sites (tertiary alicyclic amines) is 1. The first-order valence-corrected chi connectivity index (χ1v) is 10.8. The number of urea groups is 1. The van der Waals surface area contributed by atoms with E-state index in [1.165, 1.54) is 24.2 Å². The van der Waals surface area contributed by atoms with E-state index >= 15 is 0 Å². The fourth-order valence-electron chi connectivity index (χ4n) is 3.53. The van der Waals surface area contributed by atoms with E-state index in [-0.39, 0.29) is 18.0 Å². The van der Waals surface area contributed by atoms with Gasteiger partial charge in [-0.05, 0) is 42.2 Å². The summed E-state index contributed by atoms with van der Waals surface area (Å²) in [5.74, 6) is 0.833. The van der Waals surface area contributed by atoms with Crippen LogP contribution in [0.3, 0.4) is 0 Å². The van der Waals surface area contributed by atoms with Gasteiger partial charge in [0.1, 0.15) is 17.5 Å². The van der Waals surface area contributed by atoms with Gasteiger partial charge < -0.3 is 15.0 Å². The molecule has 33 heavy (non-hydrogen) atoms. The fraction of sp³-hybridized carbons (Fsp3) is 0.208. The normalized spacial score (nSPS) is 16.8. The minimum Gasteiger partial charge on any atom is -0.424 e. The lowest BCUT2D eigenvalue weighted by Gasteiger charge is -2.33. The number of amides is 2. The molecular weight excluding hydrogens is 440 g/mol. The molecule has 3 heterocycles. The van der Waals surface area contributed by atoms with Gasteiger partial charge in [-0.25, -0.2) is 19.7 Å². The van der Waals surface area contributed by atoms with Crippen molar-refractivity contribution in [3.8, 4) is 17.8 Å². The average Bonchev–Trinajstić information content (AvgIpc) is 2.82. The van der Waals surface area contributed by atoms with Gasteiger partial charge in [-0.2, -0.15) is 5.26 Å². The highest BCUT2D eigenvalue weighted by molar-refractivity contribution is 6.30. The molecule has 0 radical (unpaired) electrons. The van der Waals surface area contributed by atoms with E-state index in [1.807, 2.05) is 30.3 Å². The van der Waals surface area contributed by atoms with E-state index < -0.39 is 0 Å². The summed E-state index contributed by atoms with van der Waals surface area (Å²) in [5, 5.41) is 12.1. The Balaban J connectivity index is 1.38. The van der Waals surface area contributed by atoms with Gasteiger partial charge in [-0.3, -0.25) is 0 Å². The Kier molecular flexibility index (Phi) is 6.81. The second-order valence-corrected chi connectivity index (χ2v) is 8.09. The molecule has 166 valence electrons. The quantitative estimate of drug-likeness (QED) is 0.577. The van der Waals surface area contributed by atoms with Crippen LogP contribution in [0.1, 0.15) is 24.6 Å². The van der Waals surface area contributed by atoms with Crippen molar-refractivity contribution in [3.05, 3.63) is 76.8 Å². The van der Waals surface area contributed by atoms with Gasteiger partial charge in [0.25, 0.3) is 0 Å². The first-order chi connectivity index (χ1) is 16.0. The van der Waals surface area contributed by atoms with Crippen LogP contribution in [-0.2, 0) is 0 Å². The zero-order valence-corrected chi connectivity index (χ0v) is 18.7. The molecule has 1 saturated heterocycles. The van der Waals surface area contributed by atoms with E-state index in [4.69, 9.17) is 21.6 Å². The molecule has 1 N–H and O–H groups in total. The lowest BCUT2D eigenvalue weighted by molar-refractivity contribution is 0.198. The van der Waals surface area contributed by atoms with E-state index in [9.17, 15) is 4.79 Å². The monoisotopic (exact) mass is 460 g/mol. The molecule has 1 aliphatic heterocycles. The van der Waals surface area contributed by atoms with Crippen molar-refractivity contribution in [1.29, 1.82) is 5.26 Å². The highest BCUT2D eigenvalue weighted by Gasteiger charge is 2.24. The minimum absolute atomic E-state index is 0.175. The maximum absolute atomic E-state index is 12.6. The molecule has 4 rings (SSSR count). The Bertz CT molecular complexity index is 1200. The molecule has 0 aliphatic carbocycles. The first-order valence-electron chi connectivity index (χ1n) is 10.4. The number of aromatic nitrogens is 3. The zero-order valence-electron chi connectivity index (χ0n) is 17.9. The number of carbonyl (C=O) groups is 1. The molecule has 1 aliphatic rings. The third kappa shape index (κ3) is 5.84. The van der Waals surface area contributed by atoms with Crippen molar-refractivity contribution in [2.75, 3.05) is 18.4 Å². The summed E-state index contributed by atoms with van der Waals surface area (Å²) in [5.41, 5.74) is 3.14. The Morgan fingerprint density at radius 2 is 2.06 bits per heavy atom. The van der Waals surface area contributed by atoms with Gasteiger partial charge in [0.05, 0.1) is 29.3 Å². The summed E-state index contributed by atoms with van der Waals surface area (Å²) >= 11 is 5.81. The molecule has 3 aromatic rings. The predicted octanol–water partition coefficient (Wildman–Crippen LogP) is 5.15. The van der Waals surface area contributed by atoms with Gasteiger partial charge >= 0.3 is 12.0 Å². The van der Waals surface area contributed by atoms with Gasteiger partial charge in [0, 0.05) is 13.1 Å². The Morgan fingerprint density at radius 3 is 2.76 bits per heavy atom. The maximum Gasteiger partial charge on any atom is 0.321 e. The van der Waals surface area contributed by atoms with Gasteiger partial charge in [-0.15, -0.1) is 0 Å². The van der Waals surface area contributed by atoms with Crippen LogP contribution < -0.4 is 10.1 Å². The Labute approximate surface area is 196 Å². The fourth-order valence-corrected chi connectivity index (χ4v) is 3.62. The topological polar surface area (TPSA) is 104 Å². The molecule has 0 spiro atoms. The number of nitriles is 1. The largest absolute Gasteiger partial charge is 0.424 e. The van der Waals surface area contributed by atoms with Crippen molar-refractivity contribution in [1.82, 2.24) is 19.9 Å². The molecule has 1 atom stereocenters. The van der Waals surface area contributed by atoms with Gasteiger partial charge in [0.2, 0.25) is 0 Å². The summed E-state index contributed by atoms with van der Waals surface area (Å²) < 4.78 is 5.72. The smallest absolute Gasteiger partial charge is 0.321 e. The molecule has 1 aromatic carbocycles. The van der Waals surface area contributed by atoms with Crippen LogP contribution in [0.15, 0.2) is 60.6 Å². The van der Waals surface area contributed by atoms with Gasteiger partial charge in [-0.1, -0.05) is 42.3 Å². The van der Waals surface area contributed by atoms with Crippen LogP contribution in [0.25, 0.3) is 6.08 Å². The number of nitrogens with zero attached hydrogens (tertiary/aromatic N) is 5. The number of carbonyl (C=O) groups excluding carboxylic acids is 1. The van der Waals surface area contributed by atoms with Crippen LogP contribution in [0, 0.1) is 17.2 Å². The van der Waals surface area contributed by atoms with Crippen LogP contribution in [-0.4, -0.2) is 39.0 Å². The van der Waals surface area contributed by atoms with Crippen LogP contribution in [0.5, 0.6) is 11.8 Å². The van der Waals surface area contributed by atoms with Gasteiger partial charge in [0.15, 0.2) is 0 Å². The molecule has 9 heteroatoms. The zero-order chi connectivity index (χ0) is 23.2. The highest BCUT2D eigenvalue weighted by atomic mass is 35.5. The Hall–Kier alpha value is -3.96. The van der Waals surface area contributed by atoms with E-state index in [0.717, 1.165) is 12.0 Å². The molecular formula is C24H21ClN6O2.